The number of carboxylic acids is 1. The number of allylic oxidation sites excluding steroid dienone is 5. The van der Waals surface area contributed by atoms with Gasteiger partial charge in [0.2, 0.25) is 0 Å². The Bertz CT molecular complexity index is 488. The fraction of sp³-hybridized carbons (Fsp3) is 0.600. The Kier molecular flexibility index (Phi) is 10.0. The van der Waals surface area contributed by atoms with Crippen LogP contribution in [0.25, 0.3) is 0 Å². The van der Waals surface area contributed by atoms with E-state index in [-0.39, 0.29) is 18.1 Å². The topological polar surface area (TPSA) is 74.6 Å². The van der Waals surface area contributed by atoms with Crippen molar-refractivity contribution in [1.29, 1.82) is 0 Å². The molecule has 0 spiro atoms. The Labute approximate surface area is 145 Å². The number of hydrogen-bond acceptors (Lipinski definition) is 3. The number of aliphatic hydroxyl groups excluding tert-OH is 1. The maximum atomic E-state index is 12.0. The molecule has 1 aliphatic rings. The van der Waals surface area contributed by atoms with Crippen molar-refractivity contribution < 1.29 is 19.8 Å². The second-order valence-corrected chi connectivity index (χ2v) is 6.34. The fourth-order valence-corrected chi connectivity index (χ4v) is 2.78. The predicted octanol–water partition coefficient (Wildman–Crippen LogP) is 4.20. The highest BCUT2D eigenvalue weighted by molar-refractivity contribution is 5.89. The Morgan fingerprint density at radius 3 is 2.83 bits per heavy atom. The summed E-state index contributed by atoms with van der Waals surface area (Å²) in [4.78, 5) is 22.4. The van der Waals surface area contributed by atoms with Gasteiger partial charge in [0.25, 0.3) is 0 Å². The van der Waals surface area contributed by atoms with E-state index in [1.54, 1.807) is 6.08 Å². The molecule has 2 atom stereocenters. The number of carboxylic acid groups (broad SMARTS) is 1. The summed E-state index contributed by atoms with van der Waals surface area (Å²) in [5.74, 6) is -0.688. The molecule has 4 nitrogen and oxygen atoms in total. The third-order valence-corrected chi connectivity index (χ3v) is 4.24. The smallest absolute Gasteiger partial charge is 0.303 e. The highest BCUT2D eigenvalue weighted by atomic mass is 16.4. The van der Waals surface area contributed by atoms with Gasteiger partial charge in [-0.25, -0.2) is 0 Å². The molecule has 1 unspecified atom stereocenters. The van der Waals surface area contributed by atoms with Crippen molar-refractivity contribution in [3.05, 3.63) is 36.0 Å². The molecule has 0 saturated heterocycles. The number of ketones is 1. The lowest BCUT2D eigenvalue weighted by Crippen LogP contribution is -2.09. The summed E-state index contributed by atoms with van der Waals surface area (Å²) in [6.45, 7) is 2.14. The van der Waals surface area contributed by atoms with Crippen LogP contribution in [0.5, 0.6) is 0 Å². The van der Waals surface area contributed by atoms with Gasteiger partial charge < -0.3 is 10.2 Å². The third kappa shape index (κ3) is 8.25. The van der Waals surface area contributed by atoms with Crippen LogP contribution < -0.4 is 0 Å². The van der Waals surface area contributed by atoms with Crippen LogP contribution in [0.3, 0.4) is 0 Å². The quantitative estimate of drug-likeness (QED) is 0.414. The van der Waals surface area contributed by atoms with Crippen molar-refractivity contribution >= 4 is 11.8 Å². The second-order valence-electron chi connectivity index (χ2n) is 6.34. The first-order chi connectivity index (χ1) is 11.5. The van der Waals surface area contributed by atoms with Crippen molar-refractivity contribution in [3.63, 3.8) is 0 Å². The maximum Gasteiger partial charge on any atom is 0.303 e. The third-order valence-electron chi connectivity index (χ3n) is 4.24. The Morgan fingerprint density at radius 1 is 1.33 bits per heavy atom. The highest BCUT2D eigenvalue weighted by Gasteiger charge is 2.24. The Balaban J connectivity index is 2.39. The van der Waals surface area contributed by atoms with E-state index >= 15 is 0 Å². The summed E-state index contributed by atoms with van der Waals surface area (Å²) >= 11 is 0. The molecule has 1 aliphatic carbocycles. The summed E-state index contributed by atoms with van der Waals surface area (Å²) in [5.41, 5.74) is 0.990. The molecule has 2 N–H and O–H groups in total. The van der Waals surface area contributed by atoms with E-state index in [2.05, 4.69) is 6.92 Å². The number of aliphatic carboxylic acids is 1. The molecule has 1 rings (SSSR count). The summed E-state index contributed by atoms with van der Waals surface area (Å²) < 4.78 is 0. The van der Waals surface area contributed by atoms with Crippen LogP contribution in [-0.4, -0.2) is 28.1 Å². The van der Waals surface area contributed by atoms with Gasteiger partial charge in [-0.15, -0.1) is 0 Å². The fourth-order valence-electron chi connectivity index (χ4n) is 2.78. The van der Waals surface area contributed by atoms with Gasteiger partial charge >= 0.3 is 5.97 Å². The molecule has 24 heavy (non-hydrogen) atoms. The molecule has 0 radical (unpaired) electrons. The lowest BCUT2D eigenvalue weighted by atomic mass is 9.95. The van der Waals surface area contributed by atoms with Crippen molar-refractivity contribution in [2.75, 3.05) is 0 Å². The molecule has 0 fully saturated rings. The number of unbranched alkanes of at least 4 members (excludes halogenated alkanes) is 3. The molecular formula is C20H30O4. The van der Waals surface area contributed by atoms with Gasteiger partial charge in [0.1, 0.15) is 5.78 Å². The number of rotatable bonds is 12. The summed E-state index contributed by atoms with van der Waals surface area (Å²) in [6.07, 6.45) is 15.8. The molecule has 0 aromatic carbocycles. The number of Topliss-reactive ketones (excluding diaryl/α,β-unsaturated/α-hetero) is 1. The lowest BCUT2D eigenvalue weighted by molar-refractivity contribution is -0.137. The molecule has 0 heterocycles. The molecule has 0 aliphatic heterocycles. The van der Waals surface area contributed by atoms with Crippen LogP contribution in [0, 0.1) is 5.92 Å². The molecule has 4 heteroatoms. The zero-order valence-corrected chi connectivity index (χ0v) is 14.6. The van der Waals surface area contributed by atoms with Gasteiger partial charge in [-0.3, -0.25) is 9.59 Å². The lowest BCUT2D eigenvalue weighted by Gasteiger charge is -2.09. The van der Waals surface area contributed by atoms with Crippen LogP contribution >= 0.6 is 0 Å². The van der Waals surface area contributed by atoms with Crippen molar-refractivity contribution in [2.45, 2.75) is 70.8 Å². The number of carbonyl (C=O) groups is 2. The summed E-state index contributed by atoms with van der Waals surface area (Å²) in [5, 5.41) is 18.5. The predicted molar refractivity (Wildman–Crippen MR) is 95.7 cm³/mol. The number of carbonyl (C=O) groups excluding carboxylic acids is 1. The minimum Gasteiger partial charge on any atom is -0.481 e. The molecule has 0 aromatic heterocycles. The van der Waals surface area contributed by atoms with Crippen molar-refractivity contribution in [2.24, 2.45) is 5.92 Å². The van der Waals surface area contributed by atoms with E-state index in [4.69, 9.17) is 5.11 Å². The van der Waals surface area contributed by atoms with Crippen LogP contribution in [0.1, 0.15) is 64.7 Å². The average molecular weight is 334 g/mol. The standard InChI is InChI=1S/C20H30O4/c1-2-3-6-9-17(21)14-12-16-13-15-19(22)18(16)10-7-4-5-8-11-20(23)24/h4,7,12-14,17-18,21H,2-3,5-6,8-11,15H2,1H3,(H,23,24)/b7-4-,14-12+/t17-,18?/m0/s1. The molecule has 0 amide bonds. The largest absolute Gasteiger partial charge is 0.481 e. The van der Waals surface area contributed by atoms with Crippen molar-refractivity contribution in [3.8, 4) is 0 Å². The molecule has 0 aromatic rings. The summed E-state index contributed by atoms with van der Waals surface area (Å²) in [6, 6.07) is 0. The number of hydrogen-bond donors (Lipinski definition) is 2. The van der Waals surface area contributed by atoms with Gasteiger partial charge in [0.05, 0.1) is 6.10 Å². The number of aliphatic hydroxyl groups is 1. The van der Waals surface area contributed by atoms with E-state index in [1.165, 1.54) is 0 Å². The van der Waals surface area contributed by atoms with Crippen LogP contribution in [-0.2, 0) is 9.59 Å². The molecular weight excluding hydrogens is 304 g/mol. The van der Waals surface area contributed by atoms with Crippen LogP contribution in [0.2, 0.25) is 0 Å². The minimum absolute atomic E-state index is 0.125. The monoisotopic (exact) mass is 334 g/mol. The molecule has 0 bridgehead atoms. The molecule has 0 saturated carbocycles. The Hall–Kier alpha value is -1.68. The van der Waals surface area contributed by atoms with Gasteiger partial charge in [0.15, 0.2) is 0 Å². The first-order valence-corrected chi connectivity index (χ1v) is 9.00. The molecule has 134 valence electrons. The normalized spacial score (nSPS) is 19.3. The van der Waals surface area contributed by atoms with Gasteiger partial charge in [-0.2, -0.15) is 0 Å². The first-order valence-electron chi connectivity index (χ1n) is 9.00. The van der Waals surface area contributed by atoms with E-state index in [9.17, 15) is 14.7 Å². The average Bonchev–Trinajstić information content (AvgIpc) is 2.89. The van der Waals surface area contributed by atoms with E-state index < -0.39 is 12.1 Å². The van der Waals surface area contributed by atoms with E-state index in [0.29, 0.717) is 19.3 Å². The minimum atomic E-state index is -0.776. The van der Waals surface area contributed by atoms with Gasteiger partial charge in [0, 0.05) is 18.8 Å². The first kappa shape index (κ1) is 20.4. The zero-order valence-electron chi connectivity index (χ0n) is 14.6. The Morgan fingerprint density at radius 2 is 2.12 bits per heavy atom. The zero-order chi connectivity index (χ0) is 17.8. The summed E-state index contributed by atoms with van der Waals surface area (Å²) in [7, 11) is 0. The van der Waals surface area contributed by atoms with Gasteiger partial charge in [-0.05, 0) is 31.3 Å². The van der Waals surface area contributed by atoms with E-state index in [0.717, 1.165) is 37.7 Å². The SMILES string of the molecule is CCCCC[C@H](O)/C=C/C1=CCC(=O)C1C/C=C\CCCC(=O)O. The van der Waals surface area contributed by atoms with Gasteiger partial charge in [-0.1, -0.05) is 56.6 Å². The highest BCUT2D eigenvalue weighted by Crippen LogP contribution is 2.27. The van der Waals surface area contributed by atoms with Crippen LogP contribution in [0.15, 0.2) is 36.0 Å². The van der Waals surface area contributed by atoms with Crippen molar-refractivity contribution in [1.82, 2.24) is 0 Å². The maximum absolute atomic E-state index is 12.0. The van der Waals surface area contributed by atoms with Crippen LogP contribution in [0.4, 0.5) is 0 Å². The van der Waals surface area contributed by atoms with E-state index in [1.807, 2.05) is 24.3 Å². The second kappa shape index (κ2) is 11.8.